The molecule has 0 aliphatic carbocycles. The van der Waals surface area contributed by atoms with E-state index in [1.54, 1.807) is 19.9 Å². The van der Waals surface area contributed by atoms with Gasteiger partial charge in [-0.25, -0.2) is 4.79 Å². The van der Waals surface area contributed by atoms with Gasteiger partial charge < -0.3 is 14.8 Å². The predicted octanol–water partition coefficient (Wildman–Crippen LogP) is 3.50. The summed E-state index contributed by atoms with van der Waals surface area (Å²) in [5.74, 6) is -0.563. The van der Waals surface area contributed by atoms with Crippen LogP contribution in [0.2, 0.25) is 5.02 Å². The average Bonchev–Trinajstić information content (AvgIpc) is 2.70. The maximum atomic E-state index is 12.2. The van der Waals surface area contributed by atoms with Crippen molar-refractivity contribution in [2.45, 2.75) is 13.8 Å². The summed E-state index contributed by atoms with van der Waals surface area (Å²) in [6.45, 7) is 3.38. The molecule has 1 aromatic heterocycles. The number of carboxylic acids is 1. The zero-order chi connectivity index (χ0) is 14.9. The number of rotatable bonds is 3. The minimum absolute atomic E-state index is 0.0660. The third-order valence-electron chi connectivity index (χ3n) is 2.77. The molecule has 0 atom stereocenters. The Balaban J connectivity index is 2.37. The second-order valence-electron chi connectivity index (χ2n) is 4.25. The number of anilines is 1. The highest BCUT2D eigenvalue weighted by Crippen LogP contribution is 2.27. The van der Waals surface area contributed by atoms with E-state index in [1.165, 1.54) is 18.2 Å². The van der Waals surface area contributed by atoms with Crippen molar-refractivity contribution in [3.63, 3.8) is 0 Å². The number of furan rings is 1. The molecule has 104 valence electrons. The molecule has 20 heavy (non-hydrogen) atoms. The largest absolute Gasteiger partial charge is 0.478 e. The van der Waals surface area contributed by atoms with Crippen molar-refractivity contribution in [2.24, 2.45) is 0 Å². The van der Waals surface area contributed by atoms with Gasteiger partial charge in [-0.1, -0.05) is 17.7 Å². The Kier molecular flexibility index (Phi) is 3.81. The molecule has 0 fully saturated rings. The van der Waals surface area contributed by atoms with E-state index in [1.807, 2.05) is 0 Å². The van der Waals surface area contributed by atoms with E-state index in [-0.39, 0.29) is 16.3 Å². The van der Waals surface area contributed by atoms with Gasteiger partial charge in [0.2, 0.25) is 0 Å². The summed E-state index contributed by atoms with van der Waals surface area (Å²) >= 11 is 5.95. The molecule has 0 bridgehead atoms. The van der Waals surface area contributed by atoms with Crippen LogP contribution in [0.25, 0.3) is 0 Å². The normalized spacial score (nSPS) is 10.3. The number of carboxylic acid groups (broad SMARTS) is 1. The van der Waals surface area contributed by atoms with E-state index in [0.717, 1.165) is 0 Å². The predicted molar refractivity (Wildman–Crippen MR) is 74.5 cm³/mol. The minimum Gasteiger partial charge on any atom is -0.478 e. The van der Waals surface area contributed by atoms with E-state index < -0.39 is 11.9 Å². The number of benzene rings is 1. The van der Waals surface area contributed by atoms with Crippen LogP contribution in [-0.4, -0.2) is 17.0 Å². The Morgan fingerprint density at radius 2 is 1.95 bits per heavy atom. The van der Waals surface area contributed by atoms with Gasteiger partial charge in [0.05, 0.1) is 21.8 Å². The summed E-state index contributed by atoms with van der Waals surface area (Å²) in [6, 6.07) is 5.98. The highest BCUT2D eigenvalue weighted by Gasteiger charge is 2.19. The number of para-hydroxylation sites is 1. The summed E-state index contributed by atoms with van der Waals surface area (Å²) < 4.78 is 5.27. The second kappa shape index (κ2) is 5.38. The minimum atomic E-state index is -1.16. The summed E-state index contributed by atoms with van der Waals surface area (Å²) in [7, 11) is 0. The van der Waals surface area contributed by atoms with E-state index in [9.17, 15) is 9.59 Å². The Bertz CT molecular complexity index is 690. The fourth-order valence-electron chi connectivity index (χ4n) is 1.87. The van der Waals surface area contributed by atoms with Gasteiger partial charge in [-0.3, -0.25) is 4.79 Å². The lowest BCUT2D eigenvalue weighted by Crippen LogP contribution is -2.15. The Hall–Kier alpha value is -2.27. The molecule has 1 aromatic carbocycles. The zero-order valence-electron chi connectivity index (χ0n) is 10.9. The van der Waals surface area contributed by atoms with Gasteiger partial charge in [0.1, 0.15) is 11.5 Å². The quantitative estimate of drug-likeness (QED) is 0.907. The maximum absolute atomic E-state index is 12.2. The number of carbonyl (C=O) groups excluding carboxylic acids is 1. The number of halogens is 1. The molecule has 0 saturated carbocycles. The maximum Gasteiger partial charge on any atom is 0.337 e. The van der Waals surface area contributed by atoms with E-state index in [4.69, 9.17) is 21.1 Å². The van der Waals surface area contributed by atoms with Gasteiger partial charge in [-0.15, -0.1) is 0 Å². The summed E-state index contributed by atoms with van der Waals surface area (Å²) in [6.07, 6.45) is 0. The zero-order valence-corrected chi connectivity index (χ0v) is 11.6. The van der Waals surface area contributed by atoms with E-state index in [0.29, 0.717) is 17.1 Å². The number of amides is 1. The van der Waals surface area contributed by atoms with Crippen LogP contribution < -0.4 is 5.32 Å². The average molecular weight is 294 g/mol. The van der Waals surface area contributed by atoms with Crippen LogP contribution in [0.1, 0.15) is 32.2 Å². The van der Waals surface area contributed by atoms with Crippen molar-refractivity contribution >= 4 is 29.2 Å². The third kappa shape index (κ3) is 2.67. The lowest BCUT2D eigenvalue weighted by Gasteiger charge is -2.09. The molecule has 0 saturated heterocycles. The molecule has 0 aliphatic heterocycles. The molecule has 6 heteroatoms. The first kappa shape index (κ1) is 14.1. The molecule has 2 N–H and O–H groups in total. The Morgan fingerprint density at radius 3 is 2.50 bits per heavy atom. The third-order valence-corrected chi connectivity index (χ3v) is 3.08. The van der Waals surface area contributed by atoms with Gasteiger partial charge >= 0.3 is 5.97 Å². The van der Waals surface area contributed by atoms with Gasteiger partial charge in [0.15, 0.2) is 0 Å². The fourth-order valence-corrected chi connectivity index (χ4v) is 2.09. The first-order chi connectivity index (χ1) is 9.40. The highest BCUT2D eigenvalue weighted by atomic mass is 35.5. The molecule has 5 nitrogen and oxygen atoms in total. The molecule has 0 aliphatic rings. The Morgan fingerprint density at radius 1 is 1.25 bits per heavy atom. The molecule has 1 heterocycles. The molecule has 0 spiro atoms. The summed E-state index contributed by atoms with van der Waals surface area (Å²) in [4.78, 5) is 23.3. The monoisotopic (exact) mass is 293 g/mol. The van der Waals surface area contributed by atoms with Crippen molar-refractivity contribution in [3.8, 4) is 0 Å². The lowest BCUT2D eigenvalue weighted by atomic mass is 10.1. The summed E-state index contributed by atoms with van der Waals surface area (Å²) in [5, 5.41) is 11.8. The number of hydrogen-bond acceptors (Lipinski definition) is 3. The van der Waals surface area contributed by atoms with E-state index in [2.05, 4.69) is 5.32 Å². The first-order valence-electron chi connectivity index (χ1n) is 5.80. The van der Waals surface area contributed by atoms with Crippen LogP contribution in [-0.2, 0) is 0 Å². The van der Waals surface area contributed by atoms with Gasteiger partial charge in [0.25, 0.3) is 5.91 Å². The topological polar surface area (TPSA) is 79.5 Å². The number of nitrogens with one attached hydrogen (secondary N) is 1. The summed E-state index contributed by atoms with van der Waals surface area (Å²) in [5.41, 5.74) is 0.354. The smallest absolute Gasteiger partial charge is 0.337 e. The van der Waals surface area contributed by atoms with Crippen molar-refractivity contribution in [3.05, 3.63) is 51.9 Å². The van der Waals surface area contributed by atoms with Crippen LogP contribution in [0.5, 0.6) is 0 Å². The molecule has 2 aromatic rings. The van der Waals surface area contributed by atoms with Crippen LogP contribution in [0, 0.1) is 13.8 Å². The molecular weight excluding hydrogens is 282 g/mol. The number of carbonyl (C=O) groups is 2. The first-order valence-corrected chi connectivity index (χ1v) is 6.18. The van der Waals surface area contributed by atoms with Crippen molar-refractivity contribution in [1.82, 2.24) is 0 Å². The van der Waals surface area contributed by atoms with Crippen LogP contribution in [0.4, 0.5) is 5.69 Å². The molecule has 0 radical (unpaired) electrons. The van der Waals surface area contributed by atoms with Crippen molar-refractivity contribution in [1.29, 1.82) is 0 Å². The molecule has 0 unspecified atom stereocenters. The molecular formula is C14H12ClNO4. The SMILES string of the molecule is Cc1cc(C(=O)Nc2c(Cl)cccc2C(=O)O)c(C)o1. The fraction of sp³-hybridized carbons (Fsp3) is 0.143. The highest BCUT2D eigenvalue weighted by molar-refractivity contribution is 6.34. The van der Waals surface area contributed by atoms with Crippen LogP contribution >= 0.6 is 11.6 Å². The molecule has 1 amide bonds. The number of aromatic carboxylic acids is 1. The number of hydrogen-bond donors (Lipinski definition) is 2. The lowest BCUT2D eigenvalue weighted by molar-refractivity contribution is 0.0698. The van der Waals surface area contributed by atoms with Crippen molar-refractivity contribution < 1.29 is 19.1 Å². The molecule has 2 rings (SSSR count). The standard InChI is InChI=1S/C14H12ClNO4/c1-7-6-10(8(2)20-7)13(17)16-12-9(14(18)19)4-3-5-11(12)15/h3-6H,1-2H3,(H,16,17)(H,18,19). The Labute approximate surface area is 120 Å². The van der Waals surface area contributed by atoms with Gasteiger partial charge in [0, 0.05) is 0 Å². The van der Waals surface area contributed by atoms with E-state index >= 15 is 0 Å². The second-order valence-corrected chi connectivity index (χ2v) is 4.66. The number of aryl methyl sites for hydroxylation is 2. The van der Waals surface area contributed by atoms with Crippen LogP contribution in [0.3, 0.4) is 0 Å². The van der Waals surface area contributed by atoms with Crippen LogP contribution in [0.15, 0.2) is 28.7 Å². The van der Waals surface area contributed by atoms with Gasteiger partial charge in [-0.2, -0.15) is 0 Å². The van der Waals surface area contributed by atoms with Gasteiger partial charge in [-0.05, 0) is 32.0 Å². The van der Waals surface area contributed by atoms with Crippen molar-refractivity contribution in [2.75, 3.05) is 5.32 Å².